The number of carboxylic acid groups (broad SMARTS) is 1. The second-order valence-corrected chi connectivity index (χ2v) is 5.46. The Morgan fingerprint density at radius 3 is 2.67 bits per heavy atom. The summed E-state index contributed by atoms with van der Waals surface area (Å²) in [6.07, 6.45) is 1.25. The van der Waals surface area contributed by atoms with Crippen molar-refractivity contribution in [2.75, 3.05) is 5.32 Å². The molecular weight excluding hydrogens is 334 g/mol. The van der Waals surface area contributed by atoms with E-state index in [1.165, 1.54) is 12.3 Å². The topological polar surface area (TPSA) is 62.5 Å². The van der Waals surface area contributed by atoms with E-state index in [4.69, 9.17) is 9.52 Å². The van der Waals surface area contributed by atoms with Gasteiger partial charge < -0.3 is 14.8 Å². The van der Waals surface area contributed by atoms with Crippen LogP contribution >= 0.6 is 15.9 Å². The van der Waals surface area contributed by atoms with Gasteiger partial charge in [-0.15, -0.1) is 0 Å². The van der Waals surface area contributed by atoms with E-state index in [2.05, 4.69) is 21.2 Å². The average molecular weight is 346 g/mol. The van der Waals surface area contributed by atoms with Gasteiger partial charge in [-0.2, -0.15) is 0 Å². The third kappa shape index (κ3) is 2.78. The molecule has 2 N–H and O–H groups in total. The molecular formula is C16H12BrNO3. The maximum absolute atomic E-state index is 10.8. The van der Waals surface area contributed by atoms with Crippen molar-refractivity contribution in [3.05, 3.63) is 64.5 Å². The molecule has 4 nitrogen and oxygen atoms in total. The van der Waals surface area contributed by atoms with Crippen LogP contribution in [0, 0.1) is 0 Å². The van der Waals surface area contributed by atoms with Crippen molar-refractivity contribution >= 4 is 38.4 Å². The van der Waals surface area contributed by atoms with Gasteiger partial charge in [-0.25, -0.2) is 4.79 Å². The van der Waals surface area contributed by atoms with E-state index in [9.17, 15) is 4.79 Å². The molecule has 2 aromatic carbocycles. The summed E-state index contributed by atoms with van der Waals surface area (Å²) in [5, 5.41) is 14.4. The molecule has 0 spiro atoms. The Morgan fingerprint density at radius 2 is 1.95 bits per heavy atom. The van der Waals surface area contributed by atoms with E-state index < -0.39 is 5.97 Å². The van der Waals surface area contributed by atoms with Crippen molar-refractivity contribution in [1.82, 2.24) is 0 Å². The van der Waals surface area contributed by atoms with Crippen molar-refractivity contribution < 1.29 is 14.3 Å². The predicted octanol–water partition coefficient (Wildman–Crippen LogP) is 4.51. The molecule has 1 aromatic heterocycles. The lowest BCUT2D eigenvalue weighted by atomic mass is 10.1. The number of furan rings is 1. The highest BCUT2D eigenvalue weighted by Gasteiger charge is 2.09. The highest BCUT2D eigenvalue weighted by molar-refractivity contribution is 9.10. The zero-order chi connectivity index (χ0) is 14.8. The lowest BCUT2D eigenvalue weighted by Crippen LogP contribution is -1.99. The summed E-state index contributed by atoms with van der Waals surface area (Å²) in [4.78, 5) is 10.8. The van der Waals surface area contributed by atoms with Crippen LogP contribution in [0.1, 0.15) is 16.1 Å². The van der Waals surface area contributed by atoms with E-state index in [1.807, 2.05) is 36.4 Å². The fourth-order valence-corrected chi connectivity index (χ4v) is 2.66. The third-order valence-corrected chi connectivity index (χ3v) is 3.92. The Hall–Kier alpha value is -2.27. The van der Waals surface area contributed by atoms with Crippen LogP contribution in [0.5, 0.6) is 0 Å². The second-order valence-electron chi connectivity index (χ2n) is 4.60. The van der Waals surface area contributed by atoms with Gasteiger partial charge in [0.25, 0.3) is 0 Å². The monoisotopic (exact) mass is 345 g/mol. The summed E-state index contributed by atoms with van der Waals surface area (Å²) in [7, 11) is 0. The Kier molecular flexibility index (Phi) is 3.66. The van der Waals surface area contributed by atoms with Gasteiger partial charge >= 0.3 is 5.97 Å². The number of anilines is 1. The Labute approximate surface area is 129 Å². The lowest BCUT2D eigenvalue weighted by molar-refractivity contribution is 0.0696. The Morgan fingerprint density at radius 1 is 1.19 bits per heavy atom. The zero-order valence-electron chi connectivity index (χ0n) is 11.0. The number of carbonyl (C=O) groups is 1. The molecule has 0 atom stereocenters. The number of carboxylic acids is 1. The minimum atomic E-state index is -0.987. The van der Waals surface area contributed by atoms with E-state index >= 15 is 0 Å². The third-order valence-electron chi connectivity index (χ3n) is 3.22. The van der Waals surface area contributed by atoms with Crippen molar-refractivity contribution in [3.8, 4) is 0 Å². The van der Waals surface area contributed by atoms with Crippen molar-refractivity contribution in [2.45, 2.75) is 6.54 Å². The lowest BCUT2D eigenvalue weighted by Gasteiger charge is -2.09. The second kappa shape index (κ2) is 5.61. The maximum atomic E-state index is 10.8. The summed E-state index contributed by atoms with van der Waals surface area (Å²) in [6, 6.07) is 13.5. The van der Waals surface area contributed by atoms with Gasteiger partial charge in [0, 0.05) is 15.5 Å². The largest absolute Gasteiger partial charge is 0.478 e. The van der Waals surface area contributed by atoms with Gasteiger partial charge in [0.1, 0.15) is 12.0 Å². The molecule has 1 heterocycles. The van der Waals surface area contributed by atoms with Crippen LogP contribution in [-0.4, -0.2) is 11.1 Å². The summed E-state index contributed by atoms with van der Waals surface area (Å²) >= 11 is 3.53. The van der Waals surface area contributed by atoms with Crippen LogP contribution < -0.4 is 5.32 Å². The minimum Gasteiger partial charge on any atom is -0.478 e. The predicted molar refractivity (Wildman–Crippen MR) is 84.6 cm³/mol. The summed E-state index contributed by atoms with van der Waals surface area (Å²) in [5.41, 5.74) is 1.13. The number of hydrogen-bond acceptors (Lipinski definition) is 3. The number of aromatic carboxylic acids is 1. The number of fused-ring (bicyclic) bond motifs is 1. The Bertz CT molecular complexity index is 810. The maximum Gasteiger partial charge on any atom is 0.338 e. The van der Waals surface area contributed by atoms with E-state index in [-0.39, 0.29) is 5.56 Å². The zero-order valence-corrected chi connectivity index (χ0v) is 12.6. The molecule has 3 aromatic rings. The number of rotatable bonds is 4. The Balaban J connectivity index is 1.85. The number of benzene rings is 2. The number of halogens is 1. The fraction of sp³-hybridized carbons (Fsp3) is 0.0625. The van der Waals surface area contributed by atoms with Crippen molar-refractivity contribution in [2.24, 2.45) is 0 Å². The first kappa shape index (κ1) is 13.7. The first-order valence-electron chi connectivity index (χ1n) is 6.37. The molecule has 0 aliphatic heterocycles. The molecule has 0 aliphatic carbocycles. The van der Waals surface area contributed by atoms with Gasteiger partial charge in [-0.3, -0.25) is 0 Å². The summed E-state index contributed by atoms with van der Waals surface area (Å²) in [5.74, 6) is -0.404. The molecule has 0 fully saturated rings. The first-order valence-corrected chi connectivity index (χ1v) is 7.16. The summed E-state index contributed by atoms with van der Waals surface area (Å²) in [6.45, 7) is 0.429. The smallest absolute Gasteiger partial charge is 0.338 e. The van der Waals surface area contributed by atoms with Crippen LogP contribution in [-0.2, 0) is 6.54 Å². The first-order chi connectivity index (χ1) is 10.1. The molecule has 5 heteroatoms. The van der Waals surface area contributed by atoms with E-state index in [0.717, 1.165) is 20.9 Å². The molecule has 0 radical (unpaired) electrons. The van der Waals surface area contributed by atoms with E-state index in [0.29, 0.717) is 12.3 Å². The molecule has 106 valence electrons. The molecule has 3 rings (SSSR count). The van der Waals surface area contributed by atoms with Gasteiger partial charge in [-0.1, -0.05) is 40.2 Å². The molecule has 0 amide bonds. The number of nitrogens with one attached hydrogen (secondary N) is 1. The molecule has 0 saturated carbocycles. The average Bonchev–Trinajstić information content (AvgIpc) is 2.96. The van der Waals surface area contributed by atoms with Gasteiger partial charge in [0.05, 0.1) is 12.1 Å². The van der Waals surface area contributed by atoms with Crippen LogP contribution in [0.2, 0.25) is 0 Å². The van der Waals surface area contributed by atoms with Crippen LogP contribution in [0.3, 0.4) is 0 Å². The highest BCUT2D eigenvalue weighted by atomic mass is 79.9. The molecule has 0 aliphatic rings. The van der Waals surface area contributed by atoms with E-state index in [1.54, 1.807) is 0 Å². The van der Waals surface area contributed by atoms with Crippen molar-refractivity contribution in [3.63, 3.8) is 0 Å². The summed E-state index contributed by atoms with van der Waals surface area (Å²) < 4.78 is 6.27. The highest BCUT2D eigenvalue weighted by Crippen LogP contribution is 2.30. The van der Waals surface area contributed by atoms with Gasteiger partial charge in [0.2, 0.25) is 0 Å². The molecule has 21 heavy (non-hydrogen) atoms. The normalized spacial score (nSPS) is 10.7. The van der Waals surface area contributed by atoms with Crippen LogP contribution in [0.15, 0.2) is 57.6 Å². The van der Waals surface area contributed by atoms with Gasteiger partial charge in [-0.05, 0) is 23.6 Å². The molecule has 0 saturated heterocycles. The van der Waals surface area contributed by atoms with Crippen molar-refractivity contribution in [1.29, 1.82) is 0 Å². The molecule has 0 unspecified atom stereocenters. The minimum absolute atomic E-state index is 0.160. The van der Waals surface area contributed by atoms with Gasteiger partial charge in [0.15, 0.2) is 0 Å². The number of hydrogen-bond donors (Lipinski definition) is 2. The van der Waals surface area contributed by atoms with Crippen LogP contribution in [0.25, 0.3) is 10.8 Å². The quantitative estimate of drug-likeness (QED) is 0.730. The SMILES string of the molecule is O=C(O)c1coc(CNc2ccc(Br)c3ccccc23)c1. The molecule has 0 bridgehead atoms. The standard InChI is InChI=1S/C16H12BrNO3/c17-14-5-6-15(13-4-2-1-3-12(13)14)18-8-11-7-10(9-21-11)16(19)20/h1-7,9,18H,8H2,(H,19,20). The van der Waals surface area contributed by atoms with Crippen LogP contribution in [0.4, 0.5) is 5.69 Å². The fourth-order valence-electron chi connectivity index (χ4n) is 2.18.